The van der Waals surface area contributed by atoms with Gasteiger partial charge in [0.25, 0.3) is 0 Å². The lowest BCUT2D eigenvalue weighted by molar-refractivity contribution is -0.116. The van der Waals surface area contributed by atoms with Gasteiger partial charge in [-0.1, -0.05) is 6.07 Å². The standard InChI is InChI=1S/C21H24F2N2O4/c1-21(2,3)29-20(27)25-16-8-7-14(22)12-17(16)24-19(26)10-6-13-5-9-18(28-4)15(23)11-13/h5,7-9,11-12H,6,10H2,1-4H3,(H,24,26)(H,25,27). The van der Waals surface area contributed by atoms with Gasteiger partial charge in [0.05, 0.1) is 18.5 Å². The third-order valence-corrected chi connectivity index (χ3v) is 3.75. The van der Waals surface area contributed by atoms with E-state index in [1.54, 1.807) is 26.8 Å². The third kappa shape index (κ3) is 7.06. The van der Waals surface area contributed by atoms with E-state index in [9.17, 15) is 18.4 Å². The van der Waals surface area contributed by atoms with Crippen molar-refractivity contribution < 1.29 is 27.8 Å². The van der Waals surface area contributed by atoms with Gasteiger partial charge >= 0.3 is 6.09 Å². The number of ether oxygens (including phenoxy) is 2. The van der Waals surface area contributed by atoms with Gasteiger partial charge in [-0.2, -0.15) is 0 Å². The first kappa shape index (κ1) is 22.1. The van der Waals surface area contributed by atoms with E-state index in [1.807, 2.05) is 0 Å². The highest BCUT2D eigenvalue weighted by atomic mass is 19.1. The van der Waals surface area contributed by atoms with Crippen molar-refractivity contribution in [1.82, 2.24) is 0 Å². The minimum atomic E-state index is -0.728. The first-order valence-corrected chi connectivity index (χ1v) is 8.99. The summed E-state index contributed by atoms with van der Waals surface area (Å²) in [4.78, 5) is 24.2. The molecule has 0 heterocycles. The molecule has 0 spiro atoms. The number of carbonyl (C=O) groups excluding carboxylic acids is 2. The van der Waals surface area contributed by atoms with Crippen molar-refractivity contribution >= 4 is 23.4 Å². The summed E-state index contributed by atoms with van der Waals surface area (Å²) in [6.45, 7) is 5.13. The molecule has 0 saturated carbocycles. The van der Waals surface area contributed by atoms with Gasteiger partial charge in [0.2, 0.25) is 5.91 Å². The van der Waals surface area contributed by atoms with E-state index >= 15 is 0 Å². The van der Waals surface area contributed by atoms with Gasteiger partial charge in [-0.25, -0.2) is 13.6 Å². The first-order chi connectivity index (χ1) is 13.6. The molecule has 0 aromatic heterocycles. The topological polar surface area (TPSA) is 76.7 Å². The number of amides is 2. The van der Waals surface area contributed by atoms with Crippen molar-refractivity contribution in [2.45, 2.75) is 39.2 Å². The lowest BCUT2D eigenvalue weighted by Gasteiger charge is -2.20. The van der Waals surface area contributed by atoms with Crippen molar-refractivity contribution in [2.75, 3.05) is 17.7 Å². The molecule has 0 bridgehead atoms. The van der Waals surface area contributed by atoms with E-state index in [0.29, 0.717) is 5.56 Å². The van der Waals surface area contributed by atoms with Crippen LogP contribution in [-0.2, 0) is 16.0 Å². The van der Waals surface area contributed by atoms with Crippen LogP contribution in [-0.4, -0.2) is 24.7 Å². The largest absolute Gasteiger partial charge is 0.494 e. The maximum atomic E-state index is 13.7. The molecule has 0 fully saturated rings. The zero-order chi connectivity index (χ0) is 21.6. The second-order valence-electron chi connectivity index (χ2n) is 7.33. The highest BCUT2D eigenvalue weighted by molar-refractivity contribution is 5.97. The lowest BCUT2D eigenvalue weighted by Crippen LogP contribution is -2.27. The molecule has 2 N–H and O–H groups in total. The van der Waals surface area contributed by atoms with Crippen molar-refractivity contribution in [1.29, 1.82) is 0 Å². The van der Waals surface area contributed by atoms with E-state index < -0.39 is 29.2 Å². The molecule has 0 unspecified atom stereocenters. The van der Waals surface area contributed by atoms with Gasteiger partial charge in [0.1, 0.15) is 11.4 Å². The van der Waals surface area contributed by atoms with Crippen LogP contribution in [0.15, 0.2) is 36.4 Å². The van der Waals surface area contributed by atoms with E-state index in [-0.39, 0.29) is 30.0 Å². The molecule has 2 aromatic rings. The molecule has 2 rings (SSSR count). The lowest BCUT2D eigenvalue weighted by atomic mass is 10.1. The normalized spacial score (nSPS) is 11.0. The zero-order valence-corrected chi connectivity index (χ0v) is 16.8. The molecule has 0 aliphatic carbocycles. The fraction of sp³-hybridized carbons (Fsp3) is 0.333. The van der Waals surface area contributed by atoms with E-state index in [0.717, 1.165) is 12.1 Å². The highest BCUT2D eigenvalue weighted by Gasteiger charge is 2.18. The Hall–Kier alpha value is -3.16. The number of nitrogens with one attached hydrogen (secondary N) is 2. The van der Waals surface area contributed by atoms with Crippen LogP contribution in [0.25, 0.3) is 0 Å². The monoisotopic (exact) mass is 406 g/mol. The predicted molar refractivity (Wildman–Crippen MR) is 106 cm³/mol. The molecule has 156 valence electrons. The number of aryl methyl sites for hydroxylation is 1. The van der Waals surface area contributed by atoms with Gasteiger partial charge in [0, 0.05) is 6.42 Å². The smallest absolute Gasteiger partial charge is 0.412 e. The number of hydrogen-bond acceptors (Lipinski definition) is 4. The number of hydrogen-bond donors (Lipinski definition) is 2. The number of anilines is 2. The molecule has 6 nitrogen and oxygen atoms in total. The zero-order valence-electron chi connectivity index (χ0n) is 16.8. The fourth-order valence-corrected chi connectivity index (χ4v) is 2.48. The molecule has 29 heavy (non-hydrogen) atoms. The fourth-order valence-electron chi connectivity index (χ4n) is 2.48. The molecule has 0 saturated heterocycles. The average Bonchev–Trinajstić information content (AvgIpc) is 2.61. The summed E-state index contributed by atoms with van der Waals surface area (Å²) in [5, 5.41) is 5.05. The molecule has 2 amide bonds. The van der Waals surface area contributed by atoms with Crippen molar-refractivity contribution in [2.24, 2.45) is 0 Å². The number of rotatable bonds is 6. The van der Waals surface area contributed by atoms with Gasteiger partial charge in [-0.15, -0.1) is 0 Å². The minimum absolute atomic E-state index is 0.0359. The number of methoxy groups -OCH3 is 1. The summed E-state index contributed by atoms with van der Waals surface area (Å²) in [6.07, 6.45) is -0.418. The van der Waals surface area contributed by atoms with Gasteiger partial charge in [-0.3, -0.25) is 10.1 Å². The summed E-state index contributed by atoms with van der Waals surface area (Å²) in [7, 11) is 1.37. The maximum Gasteiger partial charge on any atom is 0.412 e. The third-order valence-electron chi connectivity index (χ3n) is 3.75. The number of carbonyl (C=O) groups is 2. The number of benzene rings is 2. The van der Waals surface area contributed by atoms with Gasteiger partial charge in [-0.05, 0) is 63.1 Å². The Labute approximate surface area is 168 Å². The Morgan fingerprint density at radius 2 is 1.72 bits per heavy atom. The van der Waals surface area contributed by atoms with Crippen molar-refractivity contribution in [3.05, 3.63) is 53.6 Å². The van der Waals surface area contributed by atoms with Crippen LogP contribution >= 0.6 is 0 Å². The van der Waals surface area contributed by atoms with Crippen molar-refractivity contribution in [3.63, 3.8) is 0 Å². The molecule has 0 aliphatic rings. The molecule has 2 aromatic carbocycles. The minimum Gasteiger partial charge on any atom is -0.494 e. The number of halogens is 2. The summed E-state index contributed by atoms with van der Waals surface area (Å²) in [5.41, 5.74) is 0.206. The van der Waals surface area contributed by atoms with E-state index in [1.165, 1.54) is 25.3 Å². The molecular weight excluding hydrogens is 382 g/mol. The van der Waals surface area contributed by atoms with Crippen LogP contribution < -0.4 is 15.4 Å². The van der Waals surface area contributed by atoms with Crippen LogP contribution in [0.3, 0.4) is 0 Å². The quantitative estimate of drug-likeness (QED) is 0.716. The highest BCUT2D eigenvalue weighted by Crippen LogP contribution is 2.24. The van der Waals surface area contributed by atoms with Crippen molar-refractivity contribution in [3.8, 4) is 5.75 Å². The molecule has 0 aliphatic heterocycles. The Morgan fingerprint density at radius 3 is 2.34 bits per heavy atom. The Morgan fingerprint density at radius 1 is 1.00 bits per heavy atom. The molecule has 8 heteroatoms. The summed E-state index contributed by atoms with van der Waals surface area (Å²) >= 11 is 0. The van der Waals surface area contributed by atoms with Crippen LogP contribution in [0.4, 0.5) is 25.0 Å². The second-order valence-corrected chi connectivity index (χ2v) is 7.33. The predicted octanol–water partition coefficient (Wildman–Crippen LogP) is 4.89. The van der Waals surface area contributed by atoms with Crippen LogP contribution in [0.2, 0.25) is 0 Å². The summed E-state index contributed by atoms with van der Waals surface area (Å²) in [6, 6.07) is 8.02. The summed E-state index contributed by atoms with van der Waals surface area (Å²) in [5.74, 6) is -1.39. The second kappa shape index (κ2) is 9.36. The molecule has 0 atom stereocenters. The summed E-state index contributed by atoms with van der Waals surface area (Å²) < 4.78 is 37.4. The van der Waals surface area contributed by atoms with Gasteiger partial charge < -0.3 is 14.8 Å². The first-order valence-electron chi connectivity index (χ1n) is 8.99. The molecular formula is C21H24F2N2O4. The Balaban J connectivity index is 2.02. The van der Waals surface area contributed by atoms with E-state index in [4.69, 9.17) is 9.47 Å². The molecule has 0 radical (unpaired) electrons. The Bertz CT molecular complexity index is 895. The maximum absolute atomic E-state index is 13.7. The van der Waals surface area contributed by atoms with E-state index in [2.05, 4.69) is 10.6 Å². The van der Waals surface area contributed by atoms with Crippen LogP contribution in [0.5, 0.6) is 5.75 Å². The van der Waals surface area contributed by atoms with Gasteiger partial charge in [0.15, 0.2) is 11.6 Å². The van der Waals surface area contributed by atoms with Crippen LogP contribution in [0, 0.1) is 11.6 Å². The van der Waals surface area contributed by atoms with Crippen LogP contribution in [0.1, 0.15) is 32.8 Å². The SMILES string of the molecule is COc1ccc(CCC(=O)Nc2cc(F)ccc2NC(=O)OC(C)(C)C)cc1F. The Kier molecular flexibility index (Phi) is 7.14. The average molecular weight is 406 g/mol.